The van der Waals surface area contributed by atoms with E-state index in [2.05, 4.69) is 9.97 Å². The number of amides is 2. The summed E-state index contributed by atoms with van der Waals surface area (Å²) in [5.41, 5.74) is 3.90. The van der Waals surface area contributed by atoms with Crippen molar-refractivity contribution in [2.75, 3.05) is 38.2 Å². The van der Waals surface area contributed by atoms with Crippen LogP contribution in [0.25, 0.3) is 0 Å². The van der Waals surface area contributed by atoms with Crippen LogP contribution in [0.2, 0.25) is 0 Å². The summed E-state index contributed by atoms with van der Waals surface area (Å²) in [7, 11) is 1.67. The zero-order chi connectivity index (χ0) is 24.0. The number of methoxy groups -OCH3 is 1. The number of alkyl halides is 3. The fourth-order valence-corrected chi connectivity index (χ4v) is 4.64. The maximum absolute atomic E-state index is 12.9. The SMILES string of the molecule is COC1CN(c2ncc3c(n2)CN(Cc2ccc4c(c2)CCN(C(=O)C(F)(F)F)CC4)C3=O)C1. The molecule has 180 valence electrons. The highest BCUT2D eigenvalue weighted by atomic mass is 19.4. The standard InChI is InChI=1S/C23H24F3N5O3/c1-34-17-11-31(12-17)22-27-9-18-19(28-22)13-30(20(18)32)10-14-2-3-15-4-6-29(7-5-16(15)8-14)21(33)23(24,25)26/h2-3,8-9,17H,4-7,10-13H2,1H3. The topological polar surface area (TPSA) is 78.9 Å². The van der Waals surface area contributed by atoms with Gasteiger partial charge >= 0.3 is 12.1 Å². The molecule has 8 nitrogen and oxygen atoms in total. The Kier molecular flexibility index (Phi) is 5.67. The van der Waals surface area contributed by atoms with Crippen LogP contribution in [0.4, 0.5) is 19.1 Å². The van der Waals surface area contributed by atoms with E-state index < -0.39 is 12.1 Å². The molecule has 0 atom stereocenters. The molecule has 0 saturated carbocycles. The first kappa shape index (κ1) is 22.6. The van der Waals surface area contributed by atoms with Crippen LogP contribution in [-0.2, 0) is 35.5 Å². The van der Waals surface area contributed by atoms with Crippen molar-refractivity contribution in [2.24, 2.45) is 0 Å². The molecule has 0 N–H and O–H groups in total. The number of hydrogen-bond acceptors (Lipinski definition) is 6. The first-order valence-corrected chi connectivity index (χ1v) is 11.1. The highest BCUT2D eigenvalue weighted by Crippen LogP contribution is 2.28. The second-order valence-electron chi connectivity index (χ2n) is 8.85. The third-order valence-electron chi connectivity index (χ3n) is 6.65. The number of ether oxygens (including phenoxy) is 1. The maximum atomic E-state index is 12.9. The minimum atomic E-state index is -4.86. The lowest BCUT2D eigenvalue weighted by Gasteiger charge is -2.38. The van der Waals surface area contributed by atoms with Crippen molar-refractivity contribution in [3.63, 3.8) is 0 Å². The van der Waals surface area contributed by atoms with Crippen LogP contribution in [-0.4, -0.2) is 77.2 Å². The summed E-state index contributed by atoms with van der Waals surface area (Å²) in [4.78, 5) is 38.0. The first-order valence-electron chi connectivity index (χ1n) is 11.1. The molecule has 4 heterocycles. The Hall–Kier alpha value is -3.21. The van der Waals surface area contributed by atoms with Gasteiger partial charge in [-0.1, -0.05) is 18.2 Å². The molecular weight excluding hydrogens is 451 g/mol. The van der Waals surface area contributed by atoms with Gasteiger partial charge in [-0.2, -0.15) is 13.2 Å². The third-order valence-corrected chi connectivity index (χ3v) is 6.65. The maximum Gasteiger partial charge on any atom is 0.471 e. The molecule has 0 bridgehead atoms. The molecule has 0 aliphatic carbocycles. The van der Waals surface area contributed by atoms with Crippen molar-refractivity contribution in [3.05, 3.63) is 52.3 Å². The molecule has 1 fully saturated rings. The van der Waals surface area contributed by atoms with Crippen molar-refractivity contribution in [3.8, 4) is 0 Å². The Morgan fingerprint density at radius 2 is 1.91 bits per heavy atom. The van der Waals surface area contributed by atoms with Gasteiger partial charge < -0.3 is 19.4 Å². The van der Waals surface area contributed by atoms with Crippen molar-refractivity contribution in [2.45, 2.75) is 38.2 Å². The summed E-state index contributed by atoms with van der Waals surface area (Å²) in [6.07, 6.45) is -2.42. The molecule has 3 aliphatic heterocycles. The summed E-state index contributed by atoms with van der Waals surface area (Å²) in [5, 5.41) is 0. The summed E-state index contributed by atoms with van der Waals surface area (Å²) in [6, 6.07) is 5.70. The fraction of sp³-hybridized carbons (Fsp3) is 0.478. The fourth-order valence-electron chi connectivity index (χ4n) is 4.64. The zero-order valence-corrected chi connectivity index (χ0v) is 18.6. The molecule has 5 rings (SSSR count). The molecule has 0 spiro atoms. The lowest BCUT2D eigenvalue weighted by Crippen LogP contribution is -2.52. The number of fused-ring (bicyclic) bond motifs is 2. The number of rotatable bonds is 4. The number of aromatic nitrogens is 2. The number of carbonyl (C=O) groups excluding carboxylic acids is 2. The van der Waals surface area contributed by atoms with E-state index in [1.807, 2.05) is 23.1 Å². The van der Waals surface area contributed by atoms with Crippen molar-refractivity contribution >= 4 is 17.8 Å². The van der Waals surface area contributed by atoms with Crippen LogP contribution < -0.4 is 4.90 Å². The van der Waals surface area contributed by atoms with E-state index in [9.17, 15) is 22.8 Å². The second kappa shape index (κ2) is 8.53. The molecule has 2 aromatic rings. The monoisotopic (exact) mass is 475 g/mol. The number of carbonyl (C=O) groups is 2. The van der Waals surface area contributed by atoms with Gasteiger partial charge in [0.1, 0.15) is 0 Å². The molecular formula is C23H24F3N5O3. The van der Waals surface area contributed by atoms with Crippen LogP contribution in [0.5, 0.6) is 0 Å². The van der Waals surface area contributed by atoms with E-state index in [1.54, 1.807) is 18.2 Å². The number of nitrogens with zero attached hydrogens (tertiary/aromatic N) is 5. The molecule has 2 amide bonds. The third kappa shape index (κ3) is 4.20. The number of anilines is 1. The molecule has 0 radical (unpaired) electrons. The second-order valence-corrected chi connectivity index (χ2v) is 8.85. The molecule has 34 heavy (non-hydrogen) atoms. The van der Waals surface area contributed by atoms with Gasteiger partial charge in [-0.15, -0.1) is 0 Å². The van der Waals surface area contributed by atoms with E-state index in [0.29, 0.717) is 56.2 Å². The Morgan fingerprint density at radius 3 is 2.62 bits per heavy atom. The van der Waals surface area contributed by atoms with E-state index >= 15 is 0 Å². The molecule has 1 aromatic carbocycles. The van der Waals surface area contributed by atoms with Crippen LogP contribution in [0.15, 0.2) is 24.4 Å². The minimum Gasteiger partial charge on any atom is -0.378 e. The van der Waals surface area contributed by atoms with Crippen molar-refractivity contribution in [1.82, 2.24) is 19.8 Å². The highest BCUT2D eigenvalue weighted by molar-refractivity contribution is 5.97. The van der Waals surface area contributed by atoms with Crippen LogP contribution in [0.1, 0.15) is 32.7 Å². The van der Waals surface area contributed by atoms with E-state index in [1.165, 1.54) is 0 Å². The molecule has 3 aliphatic rings. The van der Waals surface area contributed by atoms with Gasteiger partial charge in [-0.05, 0) is 29.5 Å². The Morgan fingerprint density at radius 1 is 1.18 bits per heavy atom. The summed E-state index contributed by atoms with van der Waals surface area (Å²) < 4.78 is 43.7. The van der Waals surface area contributed by atoms with Gasteiger partial charge in [0.15, 0.2) is 0 Å². The predicted molar refractivity (Wildman–Crippen MR) is 115 cm³/mol. The van der Waals surface area contributed by atoms with Crippen molar-refractivity contribution in [1.29, 1.82) is 0 Å². The minimum absolute atomic E-state index is 0.0156. The van der Waals surface area contributed by atoms with Crippen molar-refractivity contribution < 1.29 is 27.5 Å². The number of halogens is 3. The quantitative estimate of drug-likeness (QED) is 0.673. The lowest BCUT2D eigenvalue weighted by molar-refractivity contribution is -0.185. The molecule has 1 saturated heterocycles. The summed E-state index contributed by atoms with van der Waals surface area (Å²) >= 11 is 0. The first-order chi connectivity index (χ1) is 16.2. The van der Waals surface area contributed by atoms with E-state index in [0.717, 1.165) is 21.6 Å². The largest absolute Gasteiger partial charge is 0.471 e. The zero-order valence-electron chi connectivity index (χ0n) is 18.6. The Balaban J connectivity index is 1.25. The van der Waals surface area contributed by atoms with Gasteiger partial charge in [0.25, 0.3) is 5.91 Å². The van der Waals surface area contributed by atoms with Crippen LogP contribution in [0.3, 0.4) is 0 Å². The smallest absolute Gasteiger partial charge is 0.378 e. The van der Waals surface area contributed by atoms with E-state index in [4.69, 9.17) is 4.74 Å². The van der Waals surface area contributed by atoms with Gasteiger partial charge in [0, 0.05) is 46.0 Å². The van der Waals surface area contributed by atoms with Crippen LogP contribution >= 0.6 is 0 Å². The van der Waals surface area contributed by atoms with Gasteiger partial charge in [0.05, 0.1) is 23.9 Å². The Bertz CT molecular complexity index is 1130. The lowest BCUT2D eigenvalue weighted by atomic mass is 10.00. The van der Waals surface area contributed by atoms with Gasteiger partial charge in [0.2, 0.25) is 5.95 Å². The number of hydrogen-bond donors (Lipinski definition) is 0. The average molecular weight is 475 g/mol. The van der Waals surface area contributed by atoms with Crippen LogP contribution in [0, 0.1) is 0 Å². The number of benzene rings is 1. The predicted octanol–water partition coefficient (Wildman–Crippen LogP) is 1.96. The Labute approximate surface area is 194 Å². The molecule has 0 unspecified atom stereocenters. The van der Waals surface area contributed by atoms with Gasteiger partial charge in [-0.25, -0.2) is 9.97 Å². The highest BCUT2D eigenvalue weighted by Gasteiger charge is 2.42. The normalized spacial score (nSPS) is 18.5. The molecule has 11 heteroatoms. The summed E-state index contributed by atoms with van der Waals surface area (Å²) in [5.74, 6) is -1.35. The summed E-state index contributed by atoms with van der Waals surface area (Å²) in [6.45, 7) is 2.21. The van der Waals surface area contributed by atoms with E-state index in [-0.39, 0.29) is 25.1 Å². The average Bonchev–Trinajstić information content (AvgIpc) is 2.93. The molecule has 1 aromatic heterocycles. The van der Waals surface area contributed by atoms with Gasteiger partial charge in [-0.3, -0.25) is 9.59 Å².